The lowest BCUT2D eigenvalue weighted by Crippen LogP contribution is -2.53. The van der Waals surface area contributed by atoms with Gasteiger partial charge in [-0.15, -0.1) is 0 Å². The van der Waals surface area contributed by atoms with Gasteiger partial charge in [0.15, 0.2) is 0 Å². The van der Waals surface area contributed by atoms with E-state index in [2.05, 4.69) is 34.5 Å². The molecule has 0 aliphatic heterocycles. The summed E-state index contributed by atoms with van der Waals surface area (Å²) in [6, 6.07) is 3.65. The summed E-state index contributed by atoms with van der Waals surface area (Å²) in [7, 11) is -1.87. The number of nitrogens with one attached hydrogen (secondary N) is 1. The van der Waals surface area contributed by atoms with Crippen LogP contribution in [0.5, 0.6) is 0 Å². The van der Waals surface area contributed by atoms with E-state index >= 15 is 0 Å². The maximum atomic E-state index is 14.1. The van der Waals surface area contributed by atoms with Gasteiger partial charge < -0.3 is 5.11 Å². The summed E-state index contributed by atoms with van der Waals surface area (Å²) in [5.41, 5.74) is -2.57. The van der Waals surface area contributed by atoms with Crippen LogP contribution in [0.2, 0.25) is 0 Å². The fourth-order valence-electron chi connectivity index (χ4n) is 2.52. The molecule has 29 heavy (non-hydrogen) atoms. The Morgan fingerprint density at radius 2 is 1.69 bits per heavy atom. The van der Waals surface area contributed by atoms with Crippen LogP contribution in [0, 0.1) is 5.82 Å². The lowest BCUT2D eigenvalue weighted by Gasteiger charge is -2.36. The second-order valence-electron chi connectivity index (χ2n) is 7.91. The van der Waals surface area contributed by atoms with Crippen molar-refractivity contribution in [2.24, 2.45) is 0 Å². The Hall–Kier alpha value is -0.440. The molecular weight excluding hydrogens is 467 g/mol. The minimum Gasteiger partial charge on any atom is -0.396 e. The number of benzene rings is 1. The van der Waals surface area contributed by atoms with Crippen LogP contribution < -0.4 is 4.72 Å². The average molecular weight is 502 g/mol. The summed E-state index contributed by atoms with van der Waals surface area (Å²) >= 11 is 3.12. The number of aliphatic hydroxyl groups excluding tert-OH is 1. The Morgan fingerprint density at radius 1 is 1.14 bits per heavy atom. The van der Waals surface area contributed by atoms with E-state index in [1.807, 2.05) is 0 Å². The van der Waals surface area contributed by atoms with Gasteiger partial charge in [-0.05, 0) is 45.4 Å². The summed E-state index contributed by atoms with van der Waals surface area (Å²) < 4.78 is 55.9. The number of aliphatic hydroxyl groups is 1. The van der Waals surface area contributed by atoms with Crippen LogP contribution >= 0.6 is 15.9 Å². The van der Waals surface area contributed by atoms with Crippen LogP contribution in [0.15, 0.2) is 22.7 Å². The van der Waals surface area contributed by atoms with Gasteiger partial charge in [0.05, 0.1) is 15.7 Å². The van der Waals surface area contributed by atoms with Crippen molar-refractivity contribution >= 4 is 26.9 Å². The highest BCUT2D eigenvalue weighted by molar-refractivity contribution is 9.10. The molecule has 1 aromatic carbocycles. The highest BCUT2D eigenvalue weighted by Gasteiger charge is 2.46. The normalized spacial score (nSPS) is 14.9. The first kappa shape index (κ1) is 28.6. The van der Waals surface area contributed by atoms with Gasteiger partial charge in [0.2, 0.25) is 0 Å². The Bertz CT molecular complexity index is 622. The molecule has 0 unspecified atom stereocenters. The Kier molecular flexibility index (Phi) is 13.6. The molecule has 1 rings (SSSR count). The number of halogens is 4. The van der Waals surface area contributed by atoms with Gasteiger partial charge in [-0.2, -0.15) is 0 Å². The minimum absolute atomic E-state index is 0.330. The number of unbranched alkanes of at least 4 members (excludes halogenated alkanes) is 4. The molecule has 1 aromatic rings. The molecular formula is C21H35BrF3NO2S. The first-order chi connectivity index (χ1) is 13.5. The van der Waals surface area contributed by atoms with Crippen molar-refractivity contribution in [2.45, 2.75) is 89.9 Å². The summed E-state index contributed by atoms with van der Waals surface area (Å²) in [6.45, 7) is 8.73. The van der Waals surface area contributed by atoms with Crippen LogP contribution in [-0.2, 0) is 16.5 Å². The van der Waals surface area contributed by atoms with Crippen molar-refractivity contribution in [2.75, 3.05) is 6.61 Å². The van der Waals surface area contributed by atoms with E-state index in [9.17, 15) is 22.5 Å². The van der Waals surface area contributed by atoms with Crippen molar-refractivity contribution in [1.82, 2.24) is 4.72 Å². The Balaban J connectivity index is 0.000000956. The number of hydrogen-bond acceptors (Lipinski definition) is 2. The summed E-state index contributed by atoms with van der Waals surface area (Å²) in [5.74, 6) is -0.852. The molecule has 0 aromatic heterocycles. The predicted octanol–water partition coefficient (Wildman–Crippen LogP) is 6.46. The van der Waals surface area contributed by atoms with Crippen LogP contribution in [0.4, 0.5) is 13.2 Å². The molecule has 0 amide bonds. The molecule has 2 atom stereocenters. The number of hydrogen-bond donors (Lipinski definition) is 2. The van der Waals surface area contributed by atoms with Crippen LogP contribution in [-0.4, -0.2) is 27.1 Å². The largest absolute Gasteiger partial charge is 0.396 e. The molecule has 0 bridgehead atoms. The molecule has 0 spiro atoms. The zero-order valence-corrected chi connectivity index (χ0v) is 20.4. The zero-order valence-electron chi connectivity index (χ0n) is 18.0. The molecule has 8 heteroatoms. The standard InChI is InChI=1S/C14H19BrF3NO2S.C7H16/c1-13(2,3)22(21)19-14(6-7-20,12(17)18)10-8-9(15)4-5-11(10)16;1-3-5-7-6-4-2/h4-5,8,12,19-20H,6-7H2,1-3H3;3-7H2,1-2H3/t14-,22-;/m0./s1. The molecule has 0 fully saturated rings. The molecule has 0 aliphatic rings. The molecule has 0 heterocycles. The third-order valence-corrected chi connectivity index (χ3v) is 6.48. The first-order valence-electron chi connectivity index (χ1n) is 10.0. The molecule has 0 radical (unpaired) electrons. The second-order valence-corrected chi connectivity index (χ2v) is 10.8. The lowest BCUT2D eigenvalue weighted by molar-refractivity contribution is 0.0239. The van der Waals surface area contributed by atoms with E-state index in [1.54, 1.807) is 20.8 Å². The molecule has 170 valence electrons. The van der Waals surface area contributed by atoms with Gasteiger partial charge in [0.1, 0.15) is 11.4 Å². The molecule has 2 N–H and O–H groups in total. The highest BCUT2D eigenvalue weighted by Crippen LogP contribution is 2.36. The minimum atomic E-state index is -3.06. The van der Waals surface area contributed by atoms with Gasteiger partial charge in [0, 0.05) is 16.6 Å². The second kappa shape index (κ2) is 13.8. The average Bonchev–Trinajstić information content (AvgIpc) is 2.63. The van der Waals surface area contributed by atoms with E-state index in [4.69, 9.17) is 0 Å². The van der Waals surface area contributed by atoms with E-state index in [0.29, 0.717) is 4.47 Å². The van der Waals surface area contributed by atoms with Crippen molar-refractivity contribution in [3.63, 3.8) is 0 Å². The summed E-state index contributed by atoms with van der Waals surface area (Å²) in [6.07, 6.45) is 3.48. The van der Waals surface area contributed by atoms with Crippen LogP contribution in [0.3, 0.4) is 0 Å². The van der Waals surface area contributed by atoms with Gasteiger partial charge in [-0.3, -0.25) is 0 Å². The molecule has 0 saturated carbocycles. The smallest absolute Gasteiger partial charge is 0.261 e. The van der Waals surface area contributed by atoms with E-state index in [1.165, 1.54) is 44.2 Å². The fraction of sp³-hybridized carbons (Fsp3) is 0.714. The van der Waals surface area contributed by atoms with Crippen molar-refractivity contribution in [3.05, 3.63) is 34.1 Å². The quantitative estimate of drug-likeness (QED) is 0.361. The summed E-state index contributed by atoms with van der Waals surface area (Å²) in [4.78, 5) is 0. The van der Waals surface area contributed by atoms with Gasteiger partial charge in [-0.25, -0.2) is 22.1 Å². The number of rotatable bonds is 10. The van der Waals surface area contributed by atoms with E-state index in [-0.39, 0.29) is 5.56 Å². The monoisotopic (exact) mass is 501 g/mol. The van der Waals surface area contributed by atoms with Crippen molar-refractivity contribution in [3.8, 4) is 0 Å². The van der Waals surface area contributed by atoms with Gasteiger partial charge in [0.25, 0.3) is 6.43 Å². The van der Waals surface area contributed by atoms with Crippen LogP contribution in [0.1, 0.15) is 78.7 Å². The van der Waals surface area contributed by atoms with Gasteiger partial charge in [-0.1, -0.05) is 61.9 Å². The number of alkyl halides is 2. The predicted molar refractivity (Wildman–Crippen MR) is 119 cm³/mol. The topological polar surface area (TPSA) is 49.3 Å². The van der Waals surface area contributed by atoms with Crippen molar-refractivity contribution < 1.29 is 22.5 Å². The van der Waals surface area contributed by atoms with E-state index < -0.39 is 46.5 Å². The lowest BCUT2D eigenvalue weighted by atomic mass is 9.88. The summed E-state index contributed by atoms with van der Waals surface area (Å²) in [5, 5.41) is 9.18. The Morgan fingerprint density at radius 3 is 2.10 bits per heavy atom. The first-order valence-corrected chi connectivity index (χ1v) is 11.9. The fourth-order valence-corrected chi connectivity index (χ4v) is 3.82. The SMILES string of the molecule is CC(C)(C)[S@](=O)N[C@@](CCO)(c1cc(Br)ccc1F)C(F)F.CCCCCCC. The third-order valence-electron chi connectivity index (χ3n) is 4.33. The maximum Gasteiger partial charge on any atom is 0.261 e. The molecule has 3 nitrogen and oxygen atoms in total. The Labute approximate surface area is 184 Å². The molecule has 0 saturated heterocycles. The van der Waals surface area contributed by atoms with Crippen molar-refractivity contribution in [1.29, 1.82) is 0 Å². The van der Waals surface area contributed by atoms with Crippen LogP contribution in [0.25, 0.3) is 0 Å². The maximum absolute atomic E-state index is 14.1. The molecule has 0 aliphatic carbocycles. The highest BCUT2D eigenvalue weighted by atomic mass is 79.9. The zero-order chi connectivity index (χ0) is 22.7. The third kappa shape index (κ3) is 9.49. The van der Waals surface area contributed by atoms with E-state index in [0.717, 1.165) is 6.07 Å². The van der Waals surface area contributed by atoms with Gasteiger partial charge >= 0.3 is 0 Å².